The summed E-state index contributed by atoms with van der Waals surface area (Å²) < 4.78 is 32.4. The second-order valence-electron chi connectivity index (χ2n) is 6.86. The number of ether oxygens (including phenoxy) is 1. The van der Waals surface area contributed by atoms with Crippen LogP contribution >= 0.6 is 0 Å². The summed E-state index contributed by atoms with van der Waals surface area (Å²) in [6, 6.07) is 14.3. The number of hydrogen-bond acceptors (Lipinski definition) is 7. The summed E-state index contributed by atoms with van der Waals surface area (Å²) in [6.45, 7) is 0. The highest BCUT2D eigenvalue weighted by molar-refractivity contribution is 7.90. The van der Waals surface area contributed by atoms with Crippen molar-refractivity contribution in [1.29, 1.82) is 0 Å². The van der Waals surface area contributed by atoms with E-state index in [0.29, 0.717) is 16.7 Å². The average Bonchev–Trinajstić information content (AvgIpc) is 2.76. The van der Waals surface area contributed by atoms with Crippen molar-refractivity contribution in [2.24, 2.45) is 5.92 Å². The van der Waals surface area contributed by atoms with E-state index in [1.54, 1.807) is 24.3 Å². The number of non-ortho nitro benzene ring substituents is 1. The van der Waals surface area contributed by atoms with Crippen LogP contribution in [-0.2, 0) is 26.0 Å². The minimum absolute atomic E-state index is 0.194. The third kappa shape index (κ3) is 5.01. The summed E-state index contributed by atoms with van der Waals surface area (Å²) in [7, 11) is -2.88. The predicted molar refractivity (Wildman–Crippen MR) is 114 cm³/mol. The number of benzene rings is 3. The number of hydrogen-bond donors (Lipinski definition) is 2. The van der Waals surface area contributed by atoms with Crippen LogP contribution in [0.2, 0.25) is 0 Å². The number of methoxy groups -OCH3 is 1. The number of rotatable bonds is 8. The highest BCUT2D eigenvalue weighted by Crippen LogP contribution is 2.24. The number of aliphatic carboxylic acids is 1. The summed E-state index contributed by atoms with van der Waals surface area (Å²) in [5.41, 5.74) is 0.133. The quantitative estimate of drug-likeness (QED) is 0.297. The minimum Gasteiger partial charge on any atom is -0.497 e. The lowest BCUT2D eigenvalue weighted by Crippen LogP contribution is -2.40. The van der Waals surface area contributed by atoms with Crippen LogP contribution in [0.5, 0.6) is 5.75 Å². The molecule has 166 valence electrons. The number of carboxylic acids is 1. The lowest BCUT2D eigenvalue weighted by atomic mass is 9.99. The Labute approximate surface area is 182 Å². The molecule has 2 N–H and O–H groups in total. The summed E-state index contributed by atoms with van der Waals surface area (Å²) in [5.74, 6) is -3.95. The first-order chi connectivity index (χ1) is 15.1. The molecule has 3 aromatic rings. The van der Waals surface area contributed by atoms with Crippen molar-refractivity contribution < 1.29 is 32.8 Å². The van der Waals surface area contributed by atoms with Gasteiger partial charge in [0.2, 0.25) is 5.91 Å². The Bertz CT molecular complexity index is 1300. The van der Waals surface area contributed by atoms with Gasteiger partial charge >= 0.3 is 5.97 Å². The lowest BCUT2D eigenvalue weighted by molar-refractivity contribution is -0.384. The van der Waals surface area contributed by atoms with E-state index in [2.05, 4.69) is 0 Å². The molecule has 11 heteroatoms. The van der Waals surface area contributed by atoms with E-state index in [4.69, 9.17) is 4.74 Å². The van der Waals surface area contributed by atoms with Crippen molar-refractivity contribution in [2.45, 2.75) is 11.3 Å². The van der Waals surface area contributed by atoms with Gasteiger partial charge in [-0.3, -0.25) is 19.7 Å². The molecule has 10 nitrogen and oxygen atoms in total. The van der Waals surface area contributed by atoms with Gasteiger partial charge < -0.3 is 9.84 Å². The Kier molecular flexibility index (Phi) is 6.40. The normalized spacial score (nSPS) is 12.2. The van der Waals surface area contributed by atoms with Gasteiger partial charge in [0.15, 0.2) is 0 Å². The highest BCUT2D eigenvalue weighted by atomic mass is 32.2. The molecule has 0 aliphatic heterocycles. The number of fused-ring (bicyclic) bond motifs is 1. The lowest BCUT2D eigenvalue weighted by Gasteiger charge is -2.14. The molecular weight excluding hydrogens is 440 g/mol. The highest BCUT2D eigenvalue weighted by Gasteiger charge is 2.30. The van der Waals surface area contributed by atoms with Crippen LogP contribution in [0.25, 0.3) is 10.8 Å². The van der Waals surface area contributed by atoms with Crippen molar-refractivity contribution in [1.82, 2.24) is 4.72 Å². The van der Waals surface area contributed by atoms with Gasteiger partial charge in [0.25, 0.3) is 15.7 Å². The largest absolute Gasteiger partial charge is 0.497 e. The molecule has 3 rings (SSSR count). The molecule has 3 aromatic carbocycles. The maximum absolute atomic E-state index is 12.7. The molecule has 0 fully saturated rings. The van der Waals surface area contributed by atoms with Crippen LogP contribution < -0.4 is 9.46 Å². The number of nitrogens with zero attached hydrogens (tertiary/aromatic N) is 1. The van der Waals surface area contributed by atoms with Crippen molar-refractivity contribution in [3.63, 3.8) is 0 Å². The van der Waals surface area contributed by atoms with E-state index >= 15 is 0 Å². The standard InChI is InChI=1S/C21H18N2O8S/c1-31-17-8-4-14-5-9-18(12-15(14)11-17)32(29,30)22-20(24)19(21(25)26)10-13-2-6-16(7-3-13)23(27)28/h2-9,11-12,19H,10H2,1H3,(H,22,24)(H,25,26). The summed E-state index contributed by atoms with van der Waals surface area (Å²) >= 11 is 0. The minimum atomic E-state index is -4.35. The smallest absolute Gasteiger partial charge is 0.316 e. The predicted octanol–water partition coefficient (Wildman–Crippen LogP) is 2.50. The Balaban J connectivity index is 1.82. The molecule has 0 aromatic heterocycles. The van der Waals surface area contributed by atoms with Gasteiger partial charge in [0.1, 0.15) is 11.7 Å². The zero-order valence-corrected chi connectivity index (χ0v) is 17.5. The Morgan fingerprint density at radius 2 is 1.72 bits per heavy atom. The van der Waals surface area contributed by atoms with Gasteiger partial charge in [0, 0.05) is 12.1 Å². The second-order valence-corrected chi connectivity index (χ2v) is 8.55. The van der Waals surface area contributed by atoms with Crippen LogP contribution in [0.3, 0.4) is 0 Å². The molecule has 0 radical (unpaired) electrons. The van der Waals surface area contributed by atoms with Crippen LogP contribution in [0.4, 0.5) is 5.69 Å². The molecule has 0 aliphatic rings. The Hall–Kier alpha value is -3.99. The van der Waals surface area contributed by atoms with Crippen LogP contribution in [0.15, 0.2) is 65.6 Å². The number of sulfonamides is 1. The molecule has 32 heavy (non-hydrogen) atoms. The monoisotopic (exact) mass is 458 g/mol. The third-order valence-electron chi connectivity index (χ3n) is 4.77. The van der Waals surface area contributed by atoms with Gasteiger partial charge in [0.05, 0.1) is 16.9 Å². The van der Waals surface area contributed by atoms with E-state index in [1.807, 2.05) is 4.72 Å². The Morgan fingerprint density at radius 3 is 2.31 bits per heavy atom. The van der Waals surface area contributed by atoms with Crippen LogP contribution in [0.1, 0.15) is 5.56 Å². The van der Waals surface area contributed by atoms with Crippen LogP contribution in [-0.4, -0.2) is 37.4 Å². The number of carbonyl (C=O) groups excluding carboxylic acids is 1. The van der Waals surface area contributed by atoms with Crippen molar-refractivity contribution in [2.75, 3.05) is 7.11 Å². The van der Waals surface area contributed by atoms with E-state index in [9.17, 15) is 33.2 Å². The molecule has 1 atom stereocenters. The first kappa shape index (κ1) is 22.7. The van der Waals surface area contributed by atoms with Crippen molar-refractivity contribution in [3.05, 3.63) is 76.3 Å². The number of nitro groups is 1. The second kappa shape index (κ2) is 9.02. The van der Waals surface area contributed by atoms with E-state index in [-0.39, 0.29) is 17.0 Å². The zero-order valence-electron chi connectivity index (χ0n) is 16.7. The maximum Gasteiger partial charge on any atom is 0.316 e. The summed E-state index contributed by atoms with van der Waals surface area (Å²) in [6.07, 6.45) is -0.344. The van der Waals surface area contributed by atoms with Gasteiger partial charge in [-0.1, -0.05) is 24.3 Å². The number of carboxylic acid groups (broad SMARTS) is 1. The molecular formula is C21H18N2O8S. The fourth-order valence-electron chi connectivity index (χ4n) is 3.04. The number of nitro benzene ring substituents is 1. The van der Waals surface area contributed by atoms with Gasteiger partial charge in [-0.15, -0.1) is 0 Å². The molecule has 0 spiro atoms. The number of nitrogens with one attached hydrogen (secondary N) is 1. The molecule has 0 aliphatic carbocycles. The van der Waals surface area contributed by atoms with E-state index < -0.39 is 32.7 Å². The molecule has 1 unspecified atom stereocenters. The maximum atomic E-state index is 12.7. The van der Waals surface area contributed by atoms with E-state index in [0.717, 1.165) is 5.39 Å². The molecule has 0 bridgehead atoms. The fourth-order valence-corrected chi connectivity index (χ4v) is 4.10. The summed E-state index contributed by atoms with van der Waals surface area (Å²) in [4.78, 5) is 34.0. The molecule has 1 amide bonds. The number of amides is 1. The van der Waals surface area contributed by atoms with Gasteiger partial charge in [-0.25, -0.2) is 13.1 Å². The van der Waals surface area contributed by atoms with Gasteiger partial charge in [-0.2, -0.15) is 0 Å². The SMILES string of the molecule is COc1ccc2ccc(S(=O)(=O)NC(=O)C(Cc3ccc([N+](=O)[O-])cc3)C(=O)O)cc2c1. The first-order valence-corrected chi connectivity index (χ1v) is 10.7. The van der Waals surface area contributed by atoms with Crippen molar-refractivity contribution >= 4 is 38.4 Å². The zero-order chi connectivity index (χ0) is 23.5. The fraction of sp³-hybridized carbons (Fsp3) is 0.143. The Morgan fingerprint density at radius 1 is 1.06 bits per heavy atom. The number of carbonyl (C=O) groups is 2. The van der Waals surface area contributed by atoms with Crippen molar-refractivity contribution in [3.8, 4) is 5.75 Å². The molecule has 0 saturated heterocycles. The van der Waals surface area contributed by atoms with Crippen LogP contribution in [0, 0.1) is 16.0 Å². The average molecular weight is 458 g/mol. The van der Waals surface area contributed by atoms with Gasteiger partial charge in [-0.05, 0) is 47.0 Å². The molecule has 0 heterocycles. The third-order valence-corrected chi connectivity index (χ3v) is 6.11. The topological polar surface area (TPSA) is 153 Å². The first-order valence-electron chi connectivity index (χ1n) is 9.21. The summed E-state index contributed by atoms with van der Waals surface area (Å²) in [5, 5.41) is 21.5. The van der Waals surface area contributed by atoms with E-state index in [1.165, 1.54) is 43.5 Å². The molecule has 0 saturated carbocycles.